The fourth-order valence-electron chi connectivity index (χ4n) is 3.43. The fraction of sp³-hybridized carbons (Fsp3) is 0.143. The van der Waals surface area contributed by atoms with E-state index in [9.17, 15) is 8.96 Å². The highest BCUT2D eigenvalue weighted by Crippen LogP contribution is 2.70. The molecule has 28 heavy (non-hydrogen) atoms. The van der Waals surface area contributed by atoms with E-state index >= 15 is 4.39 Å². The Kier molecular flexibility index (Phi) is 6.01. The van der Waals surface area contributed by atoms with Crippen molar-refractivity contribution in [3.05, 3.63) is 106 Å². The van der Waals surface area contributed by atoms with Gasteiger partial charge in [-0.25, -0.2) is 8.78 Å². The first kappa shape index (κ1) is 20.7. The van der Waals surface area contributed by atoms with Gasteiger partial charge in [-0.2, -0.15) is 0 Å². The van der Waals surface area contributed by atoms with E-state index in [4.69, 9.17) is 20.6 Å². The molecule has 3 aromatic carbocycles. The van der Waals surface area contributed by atoms with Gasteiger partial charge in [0, 0.05) is 24.8 Å². The molecular weight excluding hydrogens is 405 g/mol. The topological polar surface area (TPSA) is 35.5 Å². The minimum atomic E-state index is -4.05. The van der Waals surface area contributed by atoms with Crippen molar-refractivity contribution in [2.45, 2.75) is 5.16 Å². The summed E-state index contributed by atoms with van der Waals surface area (Å²) in [4.78, 5) is 0. The van der Waals surface area contributed by atoms with E-state index in [1.54, 1.807) is 30.3 Å². The van der Waals surface area contributed by atoms with Crippen LogP contribution in [0.2, 0.25) is 5.02 Å². The Morgan fingerprint density at radius 3 is 1.82 bits per heavy atom. The normalized spacial score (nSPS) is 13.9. The molecule has 0 radical (unpaired) electrons. The van der Waals surface area contributed by atoms with Crippen molar-refractivity contribution in [2.75, 3.05) is 14.2 Å². The Bertz CT molecular complexity index is 953. The molecule has 0 aliphatic heterocycles. The third kappa shape index (κ3) is 3.29. The molecule has 1 unspecified atom stereocenters. The fourth-order valence-corrected chi connectivity index (χ4v) is 5.66. The predicted molar refractivity (Wildman–Crippen MR) is 106 cm³/mol. The van der Waals surface area contributed by atoms with Crippen LogP contribution in [0.5, 0.6) is 0 Å². The Morgan fingerprint density at radius 1 is 0.821 bits per heavy atom. The summed E-state index contributed by atoms with van der Waals surface area (Å²) in [6.45, 7) is 0. The molecule has 3 nitrogen and oxygen atoms in total. The molecule has 3 rings (SSSR count). The molecule has 0 heterocycles. The maximum absolute atomic E-state index is 15.1. The van der Waals surface area contributed by atoms with Gasteiger partial charge in [0.05, 0.1) is 0 Å². The van der Waals surface area contributed by atoms with Crippen LogP contribution in [0.1, 0.15) is 16.7 Å². The van der Waals surface area contributed by atoms with Gasteiger partial charge in [-0.1, -0.05) is 54.1 Å². The smallest absolute Gasteiger partial charge is 0.311 e. The second kappa shape index (κ2) is 8.14. The molecule has 0 fully saturated rings. The molecule has 0 aliphatic rings. The lowest BCUT2D eigenvalue weighted by molar-refractivity contribution is 0.258. The molecule has 3 aromatic rings. The van der Waals surface area contributed by atoms with Gasteiger partial charge in [0.2, 0.25) is 0 Å². The van der Waals surface area contributed by atoms with E-state index in [0.29, 0.717) is 16.1 Å². The molecule has 0 aromatic heterocycles. The minimum Gasteiger partial charge on any atom is -0.311 e. The lowest BCUT2D eigenvalue weighted by Gasteiger charge is -2.39. The van der Waals surface area contributed by atoms with Gasteiger partial charge < -0.3 is 9.05 Å². The van der Waals surface area contributed by atoms with Crippen molar-refractivity contribution < 1.29 is 22.4 Å². The summed E-state index contributed by atoms with van der Waals surface area (Å²) < 4.78 is 53.4. The first-order valence-corrected chi connectivity index (χ1v) is 10.3. The highest BCUT2D eigenvalue weighted by Gasteiger charge is 2.55. The van der Waals surface area contributed by atoms with Crippen molar-refractivity contribution in [1.82, 2.24) is 0 Å². The van der Waals surface area contributed by atoms with Crippen LogP contribution in [0, 0.1) is 11.6 Å². The lowest BCUT2D eigenvalue weighted by Crippen LogP contribution is -2.32. The summed E-state index contributed by atoms with van der Waals surface area (Å²) in [5.41, 5.74) is 0.866. The zero-order chi connectivity index (χ0) is 20.4. The molecular formula is C21H18ClF2O3P. The van der Waals surface area contributed by atoms with Crippen LogP contribution < -0.4 is 0 Å². The van der Waals surface area contributed by atoms with Crippen LogP contribution in [0.15, 0.2) is 72.8 Å². The van der Waals surface area contributed by atoms with E-state index < -0.39 is 24.4 Å². The summed E-state index contributed by atoms with van der Waals surface area (Å²) in [6, 6.07) is 17.7. The molecule has 1 atom stereocenters. The van der Waals surface area contributed by atoms with Crippen LogP contribution >= 0.6 is 19.2 Å². The minimum absolute atomic E-state index is 0.0796. The van der Waals surface area contributed by atoms with Gasteiger partial charge in [0.15, 0.2) is 0 Å². The van der Waals surface area contributed by atoms with E-state index in [1.165, 1.54) is 56.7 Å². The summed E-state index contributed by atoms with van der Waals surface area (Å²) in [5.74, 6) is -1.08. The summed E-state index contributed by atoms with van der Waals surface area (Å²) in [6.07, 6.45) is 0. The zero-order valence-corrected chi connectivity index (χ0v) is 16.9. The van der Waals surface area contributed by atoms with Gasteiger partial charge in [-0.05, 0) is 41.5 Å². The van der Waals surface area contributed by atoms with Gasteiger partial charge in [0.25, 0.3) is 0 Å². The van der Waals surface area contributed by atoms with Gasteiger partial charge in [-0.3, -0.25) is 4.57 Å². The van der Waals surface area contributed by atoms with Gasteiger partial charge in [0.1, 0.15) is 16.8 Å². The van der Waals surface area contributed by atoms with Crippen molar-refractivity contribution >= 4 is 19.2 Å². The standard InChI is InChI=1S/C21H18ClF2O3P/c1-26-28(25,27-2)21(15-7-11-17(22)12-8-15,16-9-13-18(23)14-10-16)19-5-3-4-6-20(19)24/h3-14H,1-2H3. The van der Waals surface area contributed by atoms with E-state index in [2.05, 4.69) is 0 Å². The van der Waals surface area contributed by atoms with Crippen LogP contribution in [-0.4, -0.2) is 14.2 Å². The zero-order valence-electron chi connectivity index (χ0n) is 15.2. The summed E-state index contributed by atoms with van der Waals surface area (Å²) >= 11 is 6.03. The maximum atomic E-state index is 15.1. The molecule has 7 heteroatoms. The van der Waals surface area contributed by atoms with Crippen molar-refractivity contribution in [3.63, 3.8) is 0 Å². The van der Waals surface area contributed by atoms with Crippen LogP contribution in [0.3, 0.4) is 0 Å². The molecule has 0 bridgehead atoms. The number of halogens is 3. The monoisotopic (exact) mass is 422 g/mol. The Labute approximate surface area is 167 Å². The average molecular weight is 423 g/mol. The lowest BCUT2D eigenvalue weighted by atomic mass is 9.83. The highest BCUT2D eigenvalue weighted by molar-refractivity contribution is 7.55. The second-order valence-electron chi connectivity index (χ2n) is 6.07. The van der Waals surface area contributed by atoms with Crippen LogP contribution in [0.4, 0.5) is 8.78 Å². The molecule has 0 saturated heterocycles. The quantitative estimate of drug-likeness (QED) is 0.341. The number of benzene rings is 3. The Hall–Kier alpha value is -2.04. The molecule has 146 valence electrons. The van der Waals surface area contributed by atoms with Crippen molar-refractivity contribution in [1.29, 1.82) is 0 Å². The number of rotatable bonds is 6. The first-order valence-electron chi connectivity index (χ1n) is 8.37. The highest BCUT2D eigenvalue weighted by atomic mass is 35.5. The molecule has 0 amide bonds. The summed E-state index contributed by atoms with van der Waals surface area (Å²) in [5, 5.41) is -1.23. The van der Waals surface area contributed by atoms with Gasteiger partial charge >= 0.3 is 7.60 Å². The number of hydrogen-bond acceptors (Lipinski definition) is 3. The van der Waals surface area contributed by atoms with E-state index in [0.717, 1.165) is 0 Å². The van der Waals surface area contributed by atoms with Crippen molar-refractivity contribution in [2.24, 2.45) is 0 Å². The van der Waals surface area contributed by atoms with Crippen LogP contribution in [-0.2, 0) is 18.8 Å². The summed E-state index contributed by atoms with van der Waals surface area (Å²) in [7, 11) is -1.58. The van der Waals surface area contributed by atoms with E-state index in [1.807, 2.05) is 0 Å². The van der Waals surface area contributed by atoms with Crippen molar-refractivity contribution in [3.8, 4) is 0 Å². The molecule has 0 aliphatic carbocycles. The third-order valence-electron chi connectivity index (χ3n) is 4.68. The molecule has 0 saturated carbocycles. The largest absolute Gasteiger partial charge is 0.349 e. The predicted octanol–water partition coefficient (Wildman–Crippen LogP) is 6.40. The van der Waals surface area contributed by atoms with E-state index in [-0.39, 0.29) is 5.56 Å². The second-order valence-corrected chi connectivity index (χ2v) is 8.90. The molecule has 0 N–H and O–H groups in total. The molecule has 0 spiro atoms. The third-order valence-corrected chi connectivity index (χ3v) is 7.47. The Balaban J connectivity index is 2.52. The SMILES string of the molecule is COP(=O)(OC)C(c1ccc(F)cc1)(c1ccc(Cl)cc1)c1ccccc1F. The number of hydrogen-bond donors (Lipinski definition) is 0. The van der Waals surface area contributed by atoms with Gasteiger partial charge in [-0.15, -0.1) is 0 Å². The average Bonchev–Trinajstić information content (AvgIpc) is 2.71. The first-order chi connectivity index (χ1) is 13.4. The maximum Gasteiger partial charge on any atom is 0.349 e. The Morgan fingerprint density at radius 2 is 1.32 bits per heavy atom. The van der Waals surface area contributed by atoms with Crippen LogP contribution in [0.25, 0.3) is 0 Å².